The summed E-state index contributed by atoms with van der Waals surface area (Å²) in [6, 6.07) is 2.12. The minimum atomic E-state index is -0.0363. The molecule has 1 saturated heterocycles. The maximum absolute atomic E-state index is 12.8. The molecular formula is C16H25N3O2S. The number of nitrogens with zero attached hydrogens (tertiary/aromatic N) is 1. The first-order valence-corrected chi connectivity index (χ1v) is 8.89. The van der Waals surface area contributed by atoms with Crippen molar-refractivity contribution < 1.29 is 9.59 Å². The zero-order valence-electron chi connectivity index (χ0n) is 13.1. The van der Waals surface area contributed by atoms with E-state index in [1.165, 1.54) is 11.3 Å². The van der Waals surface area contributed by atoms with Crippen molar-refractivity contribution in [3.05, 3.63) is 21.9 Å². The predicted molar refractivity (Wildman–Crippen MR) is 89.1 cm³/mol. The molecule has 0 radical (unpaired) electrons. The number of nitrogens with one attached hydrogen (secondary N) is 1. The largest absolute Gasteiger partial charge is 0.354 e. The number of piperidine rings is 1. The highest BCUT2D eigenvalue weighted by atomic mass is 32.1. The van der Waals surface area contributed by atoms with Crippen LogP contribution >= 0.6 is 11.3 Å². The molecule has 0 spiro atoms. The van der Waals surface area contributed by atoms with Crippen LogP contribution in [-0.2, 0) is 11.2 Å². The third-order valence-electron chi connectivity index (χ3n) is 4.12. The zero-order valence-corrected chi connectivity index (χ0v) is 14.0. The number of thiophene rings is 1. The van der Waals surface area contributed by atoms with Crippen LogP contribution in [0.5, 0.6) is 0 Å². The molecule has 1 aliphatic rings. The lowest BCUT2D eigenvalue weighted by atomic mass is 10.0. The van der Waals surface area contributed by atoms with Gasteiger partial charge in [-0.2, -0.15) is 0 Å². The van der Waals surface area contributed by atoms with Crippen molar-refractivity contribution in [1.82, 2.24) is 10.2 Å². The molecule has 1 fully saturated rings. The molecule has 2 amide bonds. The van der Waals surface area contributed by atoms with Gasteiger partial charge in [-0.25, -0.2) is 0 Å². The van der Waals surface area contributed by atoms with Crippen LogP contribution in [0, 0.1) is 0 Å². The fourth-order valence-corrected chi connectivity index (χ4v) is 3.81. The van der Waals surface area contributed by atoms with Gasteiger partial charge in [-0.05, 0) is 42.7 Å². The summed E-state index contributed by atoms with van der Waals surface area (Å²) in [4.78, 5) is 27.2. The quantitative estimate of drug-likeness (QED) is 0.838. The molecule has 1 atom stereocenters. The first-order valence-electron chi connectivity index (χ1n) is 8.01. The monoisotopic (exact) mass is 323 g/mol. The number of likely N-dealkylation sites (tertiary alicyclic amines) is 1. The van der Waals surface area contributed by atoms with Gasteiger partial charge < -0.3 is 16.0 Å². The van der Waals surface area contributed by atoms with E-state index in [9.17, 15) is 9.59 Å². The lowest BCUT2D eigenvalue weighted by Crippen LogP contribution is -2.49. The first kappa shape index (κ1) is 17.0. The summed E-state index contributed by atoms with van der Waals surface area (Å²) in [5, 5.41) is 4.88. The van der Waals surface area contributed by atoms with Gasteiger partial charge in [0.2, 0.25) is 5.91 Å². The molecule has 6 heteroatoms. The van der Waals surface area contributed by atoms with Crippen molar-refractivity contribution in [3.63, 3.8) is 0 Å². The van der Waals surface area contributed by atoms with E-state index in [0.29, 0.717) is 19.5 Å². The van der Waals surface area contributed by atoms with Crippen molar-refractivity contribution in [2.24, 2.45) is 5.73 Å². The van der Waals surface area contributed by atoms with Gasteiger partial charge >= 0.3 is 0 Å². The second-order valence-electron chi connectivity index (χ2n) is 5.62. The summed E-state index contributed by atoms with van der Waals surface area (Å²) >= 11 is 1.52. The minimum absolute atomic E-state index is 0.0363. The van der Waals surface area contributed by atoms with Crippen LogP contribution < -0.4 is 11.1 Å². The summed E-state index contributed by atoms with van der Waals surface area (Å²) in [6.45, 7) is 3.72. The second kappa shape index (κ2) is 8.29. The second-order valence-corrected chi connectivity index (χ2v) is 6.54. The molecule has 0 saturated carbocycles. The molecule has 1 aromatic heterocycles. The van der Waals surface area contributed by atoms with E-state index in [1.807, 2.05) is 16.3 Å². The van der Waals surface area contributed by atoms with Crippen molar-refractivity contribution >= 4 is 23.2 Å². The van der Waals surface area contributed by atoms with Gasteiger partial charge in [0.15, 0.2) is 0 Å². The molecule has 1 aromatic rings. The summed E-state index contributed by atoms with van der Waals surface area (Å²) in [7, 11) is 0. The van der Waals surface area contributed by atoms with E-state index in [4.69, 9.17) is 5.73 Å². The minimum Gasteiger partial charge on any atom is -0.354 e. The van der Waals surface area contributed by atoms with Crippen LogP contribution in [0.2, 0.25) is 0 Å². The Hall–Kier alpha value is -1.40. The molecule has 0 aliphatic carbocycles. The average Bonchev–Trinajstić information content (AvgIpc) is 3.01. The third kappa shape index (κ3) is 4.08. The van der Waals surface area contributed by atoms with Crippen LogP contribution in [0.1, 0.15) is 47.8 Å². The highest BCUT2D eigenvalue weighted by molar-refractivity contribution is 7.12. The maximum atomic E-state index is 12.8. The van der Waals surface area contributed by atoms with Crippen molar-refractivity contribution in [1.29, 1.82) is 0 Å². The number of carbonyl (C=O) groups excluding carboxylic acids is 2. The number of hydrogen-bond donors (Lipinski definition) is 2. The molecule has 122 valence electrons. The highest BCUT2D eigenvalue weighted by Crippen LogP contribution is 2.24. The Morgan fingerprint density at radius 2 is 2.27 bits per heavy atom. The van der Waals surface area contributed by atoms with Crippen LogP contribution in [0.4, 0.5) is 0 Å². The van der Waals surface area contributed by atoms with Gasteiger partial charge in [-0.15, -0.1) is 11.3 Å². The van der Waals surface area contributed by atoms with Gasteiger partial charge in [0.05, 0.1) is 4.88 Å². The van der Waals surface area contributed by atoms with E-state index in [1.54, 1.807) is 0 Å². The molecule has 1 unspecified atom stereocenters. The molecule has 2 rings (SSSR count). The van der Waals surface area contributed by atoms with E-state index < -0.39 is 0 Å². The van der Waals surface area contributed by atoms with Crippen molar-refractivity contribution in [2.75, 3.05) is 19.6 Å². The number of amides is 2. The van der Waals surface area contributed by atoms with Crippen LogP contribution in [0.15, 0.2) is 11.4 Å². The van der Waals surface area contributed by atoms with Crippen LogP contribution in [-0.4, -0.2) is 42.4 Å². The fourth-order valence-electron chi connectivity index (χ4n) is 2.86. The lowest BCUT2D eigenvalue weighted by Gasteiger charge is -2.36. The first-order chi connectivity index (χ1) is 10.7. The molecule has 3 N–H and O–H groups in total. The summed E-state index contributed by atoms with van der Waals surface area (Å²) < 4.78 is 0. The molecule has 0 bridgehead atoms. The van der Waals surface area contributed by atoms with Gasteiger partial charge in [0, 0.05) is 32.1 Å². The number of carbonyl (C=O) groups is 2. The van der Waals surface area contributed by atoms with Gasteiger partial charge in [-0.1, -0.05) is 6.92 Å². The van der Waals surface area contributed by atoms with Gasteiger partial charge in [-0.3, -0.25) is 9.59 Å². The number of hydrogen-bond acceptors (Lipinski definition) is 4. The topological polar surface area (TPSA) is 75.4 Å². The van der Waals surface area contributed by atoms with E-state index in [2.05, 4.69) is 12.2 Å². The highest BCUT2D eigenvalue weighted by Gasteiger charge is 2.29. The number of rotatable bonds is 6. The average molecular weight is 323 g/mol. The van der Waals surface area contributed by atoms with E-state index >= 15 is 0 Å². The number of nitrogens with two attached hydrogens (primary N) is 1. The predicted octanol–water partition coefficient (Wildman–Crippen LogP) is 1.77. The molecule has 1 aliphatic heterocycles. The SMILES string of the molecule is CCc1ccsc1C(=O)N1CCCCC1CNC(=O)CCN. The summed E-state index contributed by atoms with van der Waals surface area (Å²) in [5.41, 5.74) is 6.50. The Kier molecular flexibility index (Phi) is 6.39. The van der Waals surface area contributed by atoms with Gasteiger partial charge in [0.1, 0.15) is 0 Å². The summed E-state index contributed by atoms with van der Waals surface area (Å²) in [5.74, 6) is 0.0791. The third-order valence-corrected chi connectivity index (χ3v) is 5.06. The molecule has 22 heavy (non-hydrogen) atoms. The Morgan fingerprint density at radius 1 is 1.45 bits per heavy atom. The van der Waals surface area contributed by atoms with Crippen LogP contribution in [0.3, 0.4) is 0 Å². The Bertz CT molecular complexity index is 515. The Labute approximate surface area is 135 Å². The Morgan fingerprint density at radius 3 is 3.00 bits per heavy atom. The fraction of sp³-hybridized carbons (Fsp3) is 0.625. The summed E-state index contributed by atoms with van der Waals surface area (Å²) in [6.07, 6.45) is 4.29. The normalized spacial score (nSPS) is 18.3. The molecule has 2 heterocycles. The van der Waals surface area contributed by atoms with Crippen molar-refractivity contribution in [3.8, 4) is 0 Å². The van der Waals surface area contributed by atoms with Crippen molar-refractivity contribution in [2.45, 2.75) is 45.1 Å². The van der Waals surface area contributed by atoms with Crippen LogP contribution in [0.25, 0.3) is 0 Å². The maximum Gasteiger partial charge on any atom is 0.264 e. The van der Waals surface area contributed by atoms with E-state index in [-0.39, 0.29) is 17.9 Å². The molecule has 0 aromatic carbocycles. The smallest absolute Gasteiger partial charge is 0.264 e. The molecule has 5 nitrogen and oxygen atoms in total. The Balaban J connectivity index is 2.03. The zero-order chi connectivity index (χ0) is 15.9. The molecular weight excluding hydrogens is 298 g/mol. The van der Waals surface area contributed by atoms with Gasteiger partial charge in [0.25, 0.3) is 5.91 Å². The van der Waals surface area contributed by atoms with E-state index in [0.717, 1.165) is 42.7 Å². The lowest BCUT2D eigenvalue weighted by molar-refractivity contribution is -0.121. The standard InChI is InChI=1S/C16H25N3O2S/c1-2-12-7-10-22-15(12)16(21)19-9-4-3-5-13(19)11-18-14(20)6-8-17/h7,10,13H,2-6,8-9,11,17H2,1H3,(H,18,20). The number of aryl methyl sites for hydroxylation is 1.